The van der Waals surface area contributed by atoms with Crippen molar-refractivity contribution < 1.29 is 32.2 Å². The highest BCUT2D eigenvalue weighted by Gasteiger charge is 2.12. The van der Waals surface area contributed by atoms with Crippen molar-refractivity contribution in [3.8, 4) is 0 Å². The summed E-state index contributed by atoms with van der Waals surface area (Å²) in [6, 6.07) is 6.29. The molecule has 0 saturated carbocycles. The van der Waals surface area contributed by atoms with E-state index in [4.69, 9.17) is 23.8 Å². The number of rotatable bonds is 3. The summed E-state index contributed by atoms with van der Waals surface area (Å²) >= 11 is 0. The van der Waals surface area contributed by atoms with Gasteiger partial charge in [0.25, 0.3) is 10.1 Å². The summed E-state index contributed by atoms with van der Waals surface area (Å²) < 4.78 is 39.4. The fraction of sp³-hybridized carbons (Fsp3) is 0.111. The molecular formula is C9H13O7PS. The fourth-order valence-corrected chi connectivity index (χ4v) is 1.81. The van der Waals surface area contributed by atoms with E-state index in [9.17, 15) is 8.42 Å². The molecule has 4 N–H and O–H groups in total. The maximum Gasteiger partial charge on any atom is 0.466 e. The minimum Gasteiger partial charge on any atom is -0.303 e. The first-order chi connectivity index (χ1) is 8.05. The first kappa shape index (κ1) is 17.0. The van der Waals surface area contributed by atoms with Crippen LogP contribution in [-0.2, 0) is 21.1 Å². The molecule has 0 heterocycles. The second-order valence-corrected chi connectivity index (χ2v) is 5.51. The Morgan fingerprint density at radius 3 is 2.06 bits per heavy atom. The molecule has 0 aliphatic heterocycles. The number of phosphoric acid groups is 1. The average Bonchev–Trinajstić information content (AvgIpc) is 2.14. The van der Waals surface area contributed by atoms with Crippen molar-refractivity contribution in [1.82, 2.24) is 0 Å². The molecule has 0 radical (unpaired) electrons. The summed E-state index contributed by atoms with van der Waals surface area (Å²) in [4.78, 5) is 21.5. The van der Waals surface area contributed by atoms with Crippen LogP contribution in [0, 0.1) is 0 Å². The zero-order valence-electron chi connectivity index (χ0n) is 9.17. The molecule has 0 fully saturated rings. The molecule has 7 nitrogen and oxygen atoms in total. The smallest absolute Gasteiger partial charge is 0.303 e. The molecule has 0 unspecified atom stereocenters. The normalized spacial score (nSPS) is 11.3. The third kappa shape index (κ3) is 8.13. The van der Waals surface area contributed by atoms with Crippen LogP contribution in [0.3, 0.4) is 0 Å². The van der Waals surface area contributed by atoms with E-state index in [1.807, 2.05) is 0 Å². The van der Waals surface area contributed by atoms with Gasteiger partial charge in [-0.3, -0.25) is 4.55 Å². The monoisotopic (exact) mass is 296 g/mol. The van der Waals surface area contributed by atoms with Crippen molar-refractivity contribution in [2.24, 2.45) is 0 Å². The molecule has 0 aliphatic rings. The van der Waals surface area contributed by atoms with E-state index in [0.717, 1.165) is 0 Å². The fourth-order valence-electron chi connectivity index (χ4n) is 1.08. The van der Waals surface area contributed by atoms with Gasteiger partial charge in [0.05, 0.1) is 4.90 Å². The number of allylic oxidation sites excluding steroid dienone is 1. The van der Waals surface area contributed by atoms with Gasteiger partial charge in [-0.2, -0.15) is 8.42 Å². The maximum atomic E-state index is 10.8. The molecule has 0 aliphatic carbocycles. The largest absolute Gasteiger partial charge is 0.466 e. The molecule has 18 heavy (non-hydrogen) atoms. The molecule has 0 spiro atoms. The topological polar surface area (TPSA) is 132 Å². The summed E-state index contributed by atoms with van der Waals surface area (Å²) in [6.07, 6.45) is 2.01. The number of hydrogen-bond acceptors (Lipinski definition) is 3. The van der Waals surface area contributed by atoms with Gasteiger partial charge >= 0.3 is 7.82 Å². The third-order valence-electron chi connectivity index (χ3n) is 1.61. The number of hydrogen-bond donors (Lipinski definition) is 4. The van der Waals surface area contributed by atoms with E-state index in [0.29, 0.717) is 12.0 Å². The molecule has 0 atom stereocenters. The molecular weight excluding hydrogens is 283 g/mol. The van der Waals surface area contributed by atoms with Crippen molar-refractivity contribution in [2.45, 2.75) is 11.3 Å². The molecule has 0 aromatic heterocycles. The minimum atomic E-state index is -4.64. The van der Waals surface area contributed by atoms with Gasteiger partial charge in [0.2, 0.25) is 0 Å². The van der Waals surface area contributed by atoms with Crippen molar-refractivity contribution >= 4 is 17.9 Å². The quantitative estimate of drug-likeness (QED) is 0.367. The van der Waals surface area contributed by atoms with Crippen LogP contribution in [0.5, 0.6) is 0 Å². The predicted molar refractivity (Wildman–Crippen MR) is 64.4 cm³/mol. The van der Waals surface area contributed by atoms with Crippen LogP contribution in [-0.4, -0.2) is 27.7 Å². The zero-order valence-corrected chi connectivity index (χ0v) is 10.9. The summed E-state index contributed by atoms with van der Waals surface area (Å²) in [5.41, 5.74) is 0.556. The van der Waals surface area contributed by atoms with Gasteiger partial charge in [-0.25, -0.2) is 4.57 Å². The van der Waals surface area contributed by atoms with Gasteiger partial charge in [-0.05, 0) is 18.1 Å². The van der Waals surface area contributed by atoms with E-state index in [-0.39, 0.29) is 4.90 Å². The lowest BCUT2D eigenvalue weighted by Crippen LogP contribution is -2.02. The van der Waals surface area contributed by atoms with Crippen LogP contribution >= 0.6 is 7.82 Å². The first-order valence-electron chi connectivity index (χ1n) is 4.50. The summed E-state index contributed by atoms with van der Waals surface area (Å²) in [6.45, 7) is 3.50. The summed E-state index contributed by atoms with van der Waals surface area (Å²) in [7, 11) is -8.74. The molecule has 0 bridgehead atoms. The van der Waals surface area contributed by atoms with Crippen molar-refractivity contribution in [1.29, 1.82) is 0 Å². The van der Waals surface area contributed by atoms with Crippen molar-refractivity contribution in [3.63, 3.8) is 0 Å². The predicted octanol–water partition coefficient (Wildman–Crippen LogP) is 0.733. The lowest BCUT2D eigenvalue weighted by Gasteiger charge is -2.02. The van der Waals surface area contributed by atoms with Gasteiger partial charge < -0.3 is 14.7 Å². The zero-order chi connectivity index (χ0) is 14.4. The lowest BCUT2D eigenvalue weighted by atomic mass is 10.1. The van der Waals surface area contributed by atoms with Crippen LogP contribution in [0.25, 0.3) is 0 Å². The second kappa shape index (κ2) is 6.79. The van der Waals surface area contributed by atoms with Crippen molar-refractivity contribution in [3.05, 3.63) is 42.5 Å². The Bertz CT molecular complexity index is 538. The Labute approximate surface area is 104 Å². The summed E-state index contributed by atoms with van der Waals surface area (Å²) in [5.74, 6) is 0. The van der Waals surface area contributed by atoms with E-state index in [1.165, 1.54) is 6.07 Å². The molecule has 102 valence electrons. The van der Waals surface area contributed by atoms with Gasteiger partial charge in [0.1, 0.15) is 0 Å². The van der Waals surface area contributed by atoms with Gasteiger partial charge in [-0.1, -0.05) is 24.3 Å². The highest BCUT2D eigenvalue weighted by molar-refractivity contribution is 7.85. The van der Waals surface area contributed by atoms with E-state index in [2.05, 4.69) is 6.58 Å². The molecule has 9 heteroatoms. The SMILES string of the molecule is C=CCc1ccccc1S(=O)(=O)O.O=P(O)(O)O. The molecule has 1 aromatic carbocycles. The Morgan fingerprint density at radius 2 is 1.67 bits per heavy atom. The maximum absolute atomic E-state index is 10.8. The molecule has 1 rings (SSSR count). The van der Waals surface area contributed by atoms with Crippen LogP contribution in [0.2, 0.25) is 0 Å². The first-order valence-corrected chi connectivity index (χ1v) is 7.51. The van der Waals surface area contributed by atoms with Gasteiger partial charge in [0.15, 0.2) is 0 Å². The average molecular weight is 296 g/mol. The van der Waals surface area contributed by atoms with E-state index in [1.54, 1.807) is 24.3 Å². The molecule has 0 saturated heterocycles. The molecule has 1 aromatic rings. The second-order valence-electron chi connectivity index (χ2n) is 3.09. The Kier molecular flexibility index (Phi) is 6.41. The lowest BCUT2D eigenvalue weighted by molar-refractivity contribution is 0.275. The third-order valence-corrected chi connectivity index (χ3v) is 2.57. The van der Waals surface area contributed by atoms with Crippen LogP contribution in [0.1, 0.15) is 5.56 Å². The Morgan fingerprint density at radius 1 is 1.22 bits per heavy atom. The standard InChI is InChI=1S/C9H10O3S.H3O4P/c1-2-5-8-6-3-4-7-9(8)13(10,11)12;1-5(2,3)4/h2-4,6-7H,1,5H2,(H,10,11,12);(H3,1,2,3,4). The number of benzene rings is 1. The highest BCUT2D eigenvalue weighted by Crippen LogP contribution is 2.25. The molecule has 0 amide bonds. The minimum absolute atomic E-state index is 0.0464. The van der Waals surface area contributed by atoms with Crippen LogP contribution in [0.4, 0.5) is 0 Å². The van der Waals surface area contributed by atoms with Crippen LogP contribution < -0.4 is 0 Å². The van der Waals surface area contributed by atoms with Crippen LogP contribution in [0.15, 0.2) is 41.8 Å². The highest BCUT2D eigenvalue weighted by atomic mass is 32.2. The van der Waals surface area contributed by atoms with Crippen molar-refractivity contribution in [2.75, 3.05) is 0 Å². The Hall–Kier alpha value is -1.02. The van der Waals surface area contributed by atoms with E-state index < -0.39 is 17.9 Å². The van der Waals surface area contributed by atoms with E-state index >= 15 is 0 Å². The van der Waals surface area contributed by atoms with Gasteiger partial charge in [0, 0.05) is 0 Å². The Balaban J connectivity index is 0.000000494. The van der Waals surface area contributed by atoms with Gasteiger partial charge in [-0.15, -0.1) is 6.58 Å². The summed E-state index contributed by atoms with van der Waals surface area (Å²) in [5, 5.41) is 0.